The minimum Gasteiger partial charge on any atom is -0.496 e. The van der Waals surface area contributed by atoms with Gasteiger partial charge in [-0.25, -0.2) is 9.37 Å². The van der Waals surface area contributed by atoms with E-state index in [1.807, 2.05) is 6.07 Å². The maximum atomic E-state index is 13.9. The van der Waals surface area contributed by atoms with Crippen molar-refractivity contribution in [1.29, 1.82) is 0 Å². The average molecular weight is 563 g/mol. The van der Waals surface area contributed by atoms with Crippen LogP contribution in [0.4, 0.5) is 10.1 Å². The normalized spacial score (nSPS) is 11.3. The Bertz CT molecular complexity index is 2030. The second-order valence-corrected chi connectivity index (χ2v) is 9.15. The summed E-state index contributed by atoms with van der Waals surface area (Å²) in [6, 6.07) is 26.9. The number of fused-ring (bicyclic) bond motifs is 2. The number of hydrogen-bond acceptors (Lipinski definition) is 7. The Morgan fingerprint density at radius 1 is 0.976 bits per heavy atom. The SMILES string of the molecule is COc1cccc2oc(-c3nc4ccccc4c(=O)n3N=Cc3ccccc3OCC(=O)Nc3ccccc3F)cc12. The number of rotatable bonds is 8. The molecule has 9 nitrogen and oxygen atoms in total. The monoisotopic (exact) mass is 562 g/mol. The molecule has 0 aliphatic heterocycles. The van der Waals surface area contributed by atoms with E-state index in [0.29, 0.717) is 39.3 Å². The van der Waals surface area contributed by atoms with Gasteiger partial charge in [0, 0.05) is 5.56 Å². The predicted octanol–water partition coefficient (Wildman–Crippen LogP) is 5.86. The van der Waals surface area contributed by atoms with Gasteiger partial charge in [0.1, 0.15) is 22.9 Å². The summed E-state index contributed by atoms with van der Waals surface area (Å²) in [7, 11) is 1.57. The van der Waals surface area contributed by atoms with E-state index >= 15 is 0 Å². The smallest absolute Gasteiger partial charge is 0.282 e. The van der Waals surface area contributed by atoms with Gasteiger partial charge < -0.3 is 19.2 Å². The Kier molecular flexibility index (Phi) is 7.17. The van der Waals surface area contributed by atoms with Crippen molar-refractivity contribution in [2.45, 2.75) is 0 Å². The van der Waals surface area contributed by atoms with Crippen molar-refractivity contribution >= 4 is 39.7 Å². The minimum absolute atomic E-state index is 0.0554. The molecule has 0 aliphatic carbocycles. The number of halogens is 1. The number of hydrogen-bond donors (Lipinski definition) is 1. The number of nitrogens with zero attached hydrogens (tertiary/aromatic N) is 3. The summed E-state index contributed by atoms with van der Waals surface area (Å²) in [4.78, 5) is 30.7. The molecular formula is C32H23FN4O5. The van der Waals surface area contributed by atoms with Crippen molar-refractivity contribution in [3.63, 3.8) is 0 Å². The highest BCUT2D eigenvalue weighted by atomic mass is 19.1. The standard InChI is InChI=1S/C32H23FN4O5/c1-40-27-15-8-16-28-22(27)17-29(42-28)31-36-24-12-5-3-10-21(24)32(39)37(31)34-18-20-9-2-7-14-26(20)41-19-30(38)35-25-13-6-4-11-23(25)33/h2-18H,19H2,1H3,(H,35,38). The van der Waals surface area contributed by atoms with Gasteiger partial charge in [-0.3, -0.25) is 9.59 Å². The van der Waals surface area contributed by atoms with E-state index in [4.69, 9.17) is 18.9 Å². The molecule has 0 atom stereocenters. The highest BCUT2D eigenvalue weighted by Gasteiger charge is 2.18. The molecule has 10 heteroatoms. The minimum atomic E-state index is -0.550. The fourth-order valence-electron chi connectivity index (χ4n) is 4.44. The van der Waals surface area contributed by atoms with Gasteiger partial charge in [-0.2, -0.15) is 9.78 Å². The van der Waals surface area contributed by atoms with Crippen molar-refractivity contribution in [3.8, 4) is 23.1 Å². The molecule has 0 spiro atoms. The van der Waals surface area contributed by atoms with E-state index in [-0.39, 0.29) is 18.1 Å². The Hall–Kier alpha value is -5.77. The van der Waals surface area contributed by atoms with Gasteiger partial charge in [-0.1, -0.05) is 42.5 Å². The molecule has 4 aromatic carbocycles. The van der Waals surface area contributed by atoms with Crippen LogP contribution in [-0.4, -0.2) is 35.5 Å². The van der Waals surface area contributed by atoms with Crippen LogP contribution in [0.15, 0.2) is 111 Å². The molecule has 0 saturated carbocycles. The number of ether oxygens (including phenoxy) is 2. The third kappa shape index (κ3) is 5.20. The first kappa shape index (κ1) is 26.5. The van der Waals surface area contributed by atoms with E-state index in [2.05, 4.69) is 10.4 Å². The Balaban J connectivity index is 1.35. The number of para-hydroxylation sites is 3. The van der Waals surface area contributed by atoms with Crippen LogP contribution in [0, 0.1) is 5.82 Å². The average Bonchev–Trinajstić information content (AvgIpc) is 3.46. The highest BCUT2D eigenvalue weighted by Crippen LogP contribution is 2.33. The first-order valence-electron chi connectivity index (χ1n) is 12.9. The lowest BCUT2D eigenvalue weighted by Crippen LogP contribution is -2.21. The quantitative estimate of drug-likeness (QED) is 0.233. The predicted molar refractivity (Wildman–Crippen MR) is 158 cm³/mol. The van der Waals surface area contributed by atoms with Crippen LogP contribution in [0.3, 0.4) is 0 Å². The molecule has 2 heterocycles. The van der Waals surface area contributed by atoms with Gasteiger partial charge in [0.15, 0.2) is 12.4 Å². The first-order valence-corrected chi connectivity index (χ1v) is 12.9. The lowest BCUT2D eigenvalue weighted by atomic mass is 10.2. The third-order valence-electron chi connectivity index (χ3n) is 6.45. The van der Waals surface area contributed by atoms with Gasteiger partial charge >= 0.3 is 0 Å². The van der Waals surface area contributed by atoms with Gasteiger partial charge in [0.2, 0.25) is 5.82 Å². The van der Waals surface area contributed by atoms with Crippen LogP contribution in [0.2, 0.25) is 0 Å². The van der Waals surface area contributed by atoms with Crippen LogP contribution in [0.25, 0.3) is 33.5 Å². The Morgan fingerprint density at radius 3 is 2.60 bits per heavy atom. The Labute approximate surface area is 238 Å². The fourth-order valence-corrected chi connectivity index (χ4v) is 4.44. The zero-order chi connectivity index (χ0) is 29.1. The van der Waals surface area contributed by atoms with Gasteiger partial charge in [0.05, 0.1) is 35.3 Å². The highest BCUT2D eigenvalue weighted by molar-refractivity contribution is 5.92. The fraction of sp³-hybridized carbons (Fsp3) is 0.0625. The molecule has 0 unspecified atom stereocenters. The third-order valence-corrected chi connectivity index (χ3v) is 6.45. The molecule has 42 heavy (non-hydrogen) atoms. The topological polar surface area (TPSA) is 108 Å². The van der Waals surface area contributed by atoms with Gasteiger partial charge in [0.25, 0.3) is 11.5 Å². The number of nitrogens with one attached hydrogen (secondary N) is 1. The number of amides is 1. The zero-order valence-electron chi connectivity index (χ0n) is 22.3. The van der Waals surface area contributed by atoms with Crippen LogP contribution >= 0.6 is 0 Å². The summed E-state index contributed by atoms with van der Waals surface area (Å²) in [6.07, 6.45) is 1.44. The molecule has 0 aliphatic rings. The lowest BCUT2D eigenvalue weighted by Gasteiger charge is -2.10. The van der Waals surface area contributed by atoms with Gasteiger partial charge in [-0.05, 0) is 54.6 Å². The molecule has 208 valence electrons. The number of carbonyl (C=O) groups is 1. The summed E-state index contributed by atoms with van der Waals surface area (Å²) in [5.74, 6) is 0.378. The Morgan fingerprint density at radius 2 is 1.74 bits per heavy atom. The van der Waals surface area contributed by atoms with Crippen molar-refractivity contribution in [2.24, 2.45) is 5.10 Å². The number of carbonyl (C=O) groups excluding carboxylic acids is 1. The molecule has 0 saturated heterocycles. The number of furan rings is 1. The summed E-state index contributed by atoms with van der Waals surface area (Å²) in [6.45, 7) is -0.372. The number of methoxy groups -OCH3 is 1. The molecule has 0 radical (unpaired) electrons. The first-order chi connectivity index (χ1) is 20.5. The maximum absolute atomic E-state index is 13.9. The maximum Gasteiger partial charge on any atom is 0.282 e. The molecule has 2 aromatic heterocycles. The van der Waals surface area contributed by atoms with E-state index in [0.717, 1.165) is 10.1 Å². The summed E-state index contributed by atoms with van der Waals surface area (Å²) >= 11 is 0. The molecule has 6 aromatic rings. The van der Waals surface area contributed by atoms with Crippen LogP contribution < -0.4 is 20.3 Å². The van der Waals surface area contributed by atoms with E-state index < -0.39 is 17.3 Å². The molecular weight excluding hydrogens is 539 g/mol. The van der Waals surface area contributed by atoms with Crippen molar-refractivity contribution in [1.82, 2.24) is 9.66 Å². The molecule has 1 amide bonds. The van der Waals surface area contributed by atoms with E-state index in [9.17, 15) is 14.0 Å². The second-order valence-electron chi connectivity index (χ2n) is 9.15. The molecule has 1 N–H and O–H groups in total. The summed E-state index contributed by atoms with van der Waals surface area (Å²) in [5.41, 5.74) is 1.20. The number of aromatic nitrogens is 2. The lowest BCUT2D eigenvalue weighted by molar-refractivity contribution is -0.118. The molecule has 0 fully saturated rings. The van der Waals surface area contributed by atoms with Crippen LogP contribution in [-0.2, 0) is 4.79 Å². The molecule has 0 bridgehead atoms. The summed E-state index contributed by atoms with van der Waals surface area (Å²) < 4.78 is 32.3. The second kappa shape index (κ2) is 11.4. The van der Waals surface area contributed by atoms with Crippen molar-refractivity contribution in [2.75, 3.05) is 19.0 Å². The summed E-state index contributed by atoms with van der Waals surface area (Å²) in [5, 5.41) is 8.06. The van der Waals surface area contributed by atoms with Gasteiger partial charge in [-0.15, -0.1) is 0 Å². The van der Waals surface area contributed by atoms with Crippen molar-refractivity contribution in [3.05, 3.63) is 119 Å². The largest absolute Gasteiger partial charge is 0.496 e. The van der Waals surface area contributed by atoms with Crippen LogP contribution in [0.1, 0.15) is 5.56 Å². The van der Waals surface area contributed by atoms with E-state index in [1.165, 1.54) is 24.4 Å². The van der Waals surface area contributed by atoms with E-state index in [1.54, 1.807) is 79.9 Å². The number of benzene rings is 4. The molecule has 6 rings (SSSR count). The van der Waals surface area contributed by atoms with Crippen LogP contribution in [0.5, 0.6) is 11.5 Å². The van der Waals surface area contributed by atoms with Crippen molar-refractivity contribution < 1.29 is 23.1 Å². The zero-order valence-corrected chi connectivity index (χ0v) is 22.3. The number of anilines is 1.